The maximum Gasteiger partial charge on any atom is 0.308 e. The number of nitro benzene ring substituents is 1. The lowest BCUT2D eigenvalue weighted by Gasteiger charge is -2.30. The zero-order valence-corrected chi connectivity index (χ0v) is 11.2. The second-order valence-electron chi connectivity index (χ2n) is 4.93. The van der Waals surface area contributed by atoms with Crippen LogP contribution >= 0.6 is 0 Å². The number of likely N-dealkylation sites (tertiary alicyclic amines) is 1. The third-order valence-electron chi connectivity index (χ3n) is 3.54. The molecular weight excluding hydrogens is 278 g/mol. The van der Waals surface area contributed by atoms with Gasteiger partial charge in [-0.05, 0) is 18.9 Å². The van der Waals surface area contributed by atoms with Crippen LogP contribution in [0.2, 0.25) is 0 Å². The number of nitro groups is 1. The summed E-state index contributed by atoms with van der Waals surface area (Å²) in [4.78, 5) is 35.2. The predicted octanol–water partition coefficient (Wildman–Crippen LogP) is 1.11. The number of carboxylic acid groups (broad SMARTS) is 1. The molecule has 8 heteroatoms. The van der Waals surface area contributed by atoms with Gasteiger partial charge < -0.3 is 15.7 Å². The molecule has 3 N–H and O–H groups in total. The molecule has 1 unspecified atom stereocenters. The van der Waals surface area contributed by atoms with Gasteiger partial charge in [0.1, 0.15) is 5.56 Å². The molecule has 0 aromatic heterocycles. The highest BCUT2D eigenvalue weighted by Gasteiger charge is 2.32. The van der Waals surface area contributed by atoms with E-state index >= 15 is 0 Å². The molecule has 1 saturated heterocycles. The van der Waals surface area contributed by atoms with Crippen molar-refractivity contribution in [3.8, 4) is 0 Å². The first-order valence-corrected chi connectivity index (χ1v) is 6.46. The van der Waals surface area contributed by atoms with E-state index in [0.717, 1.165) is 0 Å². The van der Waals surface area contributed by atoms with Gasteiger partial charge in [0.15, 0.2) is 0 Å². The second-order valence-corrected chi connectivity index (χ2v) is 4.93. The Balaban J connectivity index is 2.32. The van der Waals surface area contributed by atoms with Gasteiger partial charge in [-0.1, -0.05) is 6.07 Å². The van der Waals surface area contributed by atoms with Crippen molar-refractivity contribution in [3.63, 3.8) is 0 Å². The summed E-state index contributed by atoms with van der Waals surface area (Å²) in [5, 5.41) is 20.1. The van der Waals surface area contributed by atoms with Gasteiger partial charge in [-0.15, -0.1) is 0 Å². The molecule has 1 aliphatic heterocycles. The summed E-state index contributed by atoms with van der Waals surface area (Å²) in [5.41, 5.74) is 5.18. The number of hydrogen-bond acceptors (Lipinski definition) is 5. The number of anilines is 1. The van der Waals surface area contributed by atoms with Gasteiger partial charge in [-0.2, -0.15) is 0 Å². The Hall–Kier alpha value is -2.64. The number of nitrogen functional groups attached to an aromatic ring is 1. The van der Waals surface area contributed by atoms with Crippen molar-refractivity contribution in [2.75, 3.05) is 18.8 Å². The van der Waals surface area contributed by atoms with E-state index in [-0.39, 0.29) is 23.5 Å². The number of rotatable bonds is 3. The molecule has 112 valence electrons. The van der Waals surface area contributed by atoms with Crippen LogP contribution in [0.25, 0.3) is 0 Å². The number of nitrogens with zero attached hydrogens (tertiary/aromatic N) is 2. The number of amides is 1. The van der Waals surface area contributed by atoms with E-state index in [1.165, 1.54) is 23.1 Å². The monoisotopic (exact) mass is 293 g/mol. The van der Waals surface area contributed by atoms with E-state index < -0.39 is 22.7 Å². The summed E-state index contributed by atoms with van der Waals surface area (Å²) in [5.74, 6) is -2.21. The first-order chi connectivity index (χ1) is 9.91. The predicted molar refractivity (Wildman–Crippen MR) is 73.8 cm³/mol. The minimum atomic E-state index is -0.969. The highest BCUT2D eigenvalue weighted by Crippen LogP contribution is 2.27. The molecule has 1 fully saturated rings. The maximum absolute atomic E-state index is 12.5. The molecule has 1 aliphatic rings. The first-order valence-electron chi connectivity index (χ1n) is 6.46. The summed E-state index contributed by atoms with van der Waals surface area (Å²) in [6.07, 6.45) is 1.04. The minimum Gasteiger partial charge on any atom is -0.481 e. The molecule has 0 bridgehead atoms. The van der Waals surface area contributed by atoms with Gasteiger partial charge in [0.05, 0.1) is 16.5 Å². The number of hydrogen-bond donors (Lipinski definition) is 2. The van der Waals surface area contributed by atoms with Crippen molar-refractivity contribution in [2.24, 2.45) is 5.92 Å². The highest BCUT2D eigenvalue weighted by molar-refractivity contribution is 6.03. The molecule has 0 aliphatic carbocycles. The SMILES string of the molecule is Nc1cccc([N+](=O)[O-])c1C(=O)N1CCCC(C(=O)O)C1. The van der Waals surface area contributed by atoms with Crippen LogP contribution in [0.5, 0.6) is 0 Å². The Morgan fingerprint density at radius 1 is 1.43 bits per heavy atom. The van der Waals surface area contributed by atoms with E-state index in [1.54, 1.807) is 0 Å². The molecule has 1 atom stereocenters. The first kappa shape index (κ1) is 14.8. The van der Waals surface area contributed by atoms with E-state index in [1.807, 2.05) is 0 Å². The number of aliphatic carboxylic acids is 1. The molecule has 1 amide bonds. The topological polar surface area (TPSA) is 127 Å². The highest BCUT2D eigenvalue weighted by atomic mass is 16.6. The van der Waals surface area contributed by atoms with Crippen molar-refractivity contribution in [3.05, 3.63) is 33.9 Å². The van der Waals surface area contributed by atoms with Crippen molar-refractivity contribution in [2.45, 2.75) is 12.8 Å². The summed E-state index contributed by atoms with van der Waals surface area (Å²) >= 11 is 0. The van der Waals surface area contributed by atoms with Crippen LogP contribution in [0.1, 0.15) is 23.2 Å². The number of carbonyl (C=O) groups excluding carboxylic acids is 1. The van der Waals surface area contributed by atoms with Crippen LogP contribution in [0, 0.1) is 16.0 Å². The number of carbonyl (C=O) groups is 2. The minimum absolute atomic E-state index is 0.0200. The fourth-order valence-corrected chi connectivity index (χ4v) is 2.46. The molecule has 8 nitrogen and oxygen atoms in total. The van der Waals surface area contributed by atoms with Crippen LogP contribution < -0.4 is 5.73 Å². The summed E-state index contributed by atoms with van der Waals surface area (Å²) in [6, 6.07) is 4.03. The lowest BCUT2D eigenvalue weighted by molar-refractivity contribution is -0.385. The van der Waals surface area contributed by atoms with Gasteiger partial charge in [0.25, 0.3) is 11.6 Å². The molecule has 1 heterocycles. The largest absolute Gasteiger partial charge is 0.481 e. The molecule has 0 spiro atoms. The molecular formula is C13H15N3O5. The van der Waals surface area contributed by atoms with Gasteiger partial charge in [0, 0.05) is 19.2 Å². The second kappa shape index (κ2) is 5.78. The maximum atomic E-state index is 12.5. The lowest BCUT2D eigenvalue weighted by Crippen LogP contribution is -2.42. The molecule has 0 saturated carbocycles. The molecule has 1 aromatic carbocycles. The molecule has 1 aromatic rings. The fourth-order valence-electron chi connectivity index (χ4n) is 2.46. The Labute approximate surface area is 120 Å². The fraction of sp³-hybridized carbons (Fsp3) is 0.385. The van der Waals surface area contributed by atoms with Gasteiger partial charge in [-0.3, -0.25) is 19.7 Å². The smallest absolute Gasteiger partial charge is 0.308 e. The number of piperidine rings is 1. The van der Waals surface area contributed by atoms with Gasteiger partial charge in [0.2, 0.25) is 0 Å². The van der Waals surface area contributed by atoms with Crippen LogP contribution in [0.3, 0.4) is 0 Å². The third kappa shape index (κ3) is 2.93. The van der Waals surface area contributed by atoms with Gasteiger partial charge in [-0.25, -0.2) is 0 Å². The van der Waals surface area contributed by atoms with Gasteiger partial charge >= 0.3 is 5.97 Å². The van der Waals surface area contributed by atoms with Crippen molar-refractivity contribution in [1.82, 2.24) is 4.90 Å². The Kier molecular flexibility index (Phi) is 4.06. The standard InChI is InChI=1S/C13H15N3O5/c14-9-4-1-5-10(16(20)21)11(9)12(17)15-6-2-3-8(7-15)13(18)19/h1,4-5,8H,2-3,6-7,14H2,(H,18,19). The summed E-state index contributed by atoms with van der Waals surface area (Å²) in [7, 11) is 0. The van der Waals surface area contributed by atoms with E-state index in [0.29, 0.717) is 19.4 Å². The Morgan fingerprint density at radius 3 is 2.76 bits per heavy atom. The lowest BCUT2D eigenvalue weighted by atomic mass is 9.97. The van der Waals surface area contributed by atoms with Crippen molar-refractivity contribution >= 4 is 23.3 Å². The molecule has 0 radical (unpaired) electrons. The van der Waals surface area contributed by atoms with Crippen LogP contribution in [0.15, 0.2) is 18.2 Å². The van der Waals surface area contributed by atoms with E-state index in [4.69, 9.17) is 10.8 Å². The average molecular weight is 293 g/mol. The Bertz CT molecular complexity index is 601. The van der Waals surface area contributed by atoms with Crippen LogP contribution in [-0.4, -0.2) is 39.9 Å². The number of nitrogens with two attached hydrogens (primary N) is 1. The zero-order valence-electron chi connectivity index (χ0n) is 11.2. The van der Waals surface area contributed by atoms with Crippen molar-refractivity contribution in [1.29, 1.82) is 0 Å². The molecule has 2 rings (SSSR count). The quantitative estimate of drug-likeness (QED) is 0.488. The van der Waals surface area contributed by atoms with Crippen molar-refractivity contribution < 1.29 is 19.6 Å². The average Bonchev–Trinajstić information content (AvgIpc) is 2.46. The summed E-state index contributed by atoms with van der Waals surface area (Å²) in [6.45, 7) is 0.410. The normalized spacial score (nSPS) is 18.3. The van der Waals surface area contributed by atoms with E-state index in [9.17, 15) is 19.7 Å². The zero-order chi connectivity index (χ0) is 15.6. The third-order valence-corrected chi connectivity index (χ3v) is 3.54. The van der Waals surface area contributed by atoms with Crippen LogP contribution in [0.4, 0.5) is 11.4 Å². The number of carboxylic acids is 1. The Morgan fingerprint density at radius 2 is 2.14 bits per heavy atom. The van der Waals surface area contributed by atoms with E-state index in [2.05, 4.69) is 0 Å². The summed E-state index contributed by atoms with van der Waals surface area (Å²) < 4.78 is 0. The molecule has 21 heavy (non-hydrogen) atoms. The number of benzene rings is 1. The van der Waals surface area contributed by atoms with Crippen LogP contribution in [-0.2, 0) is 4.79 Å².